The number of carbonyl (C=O) groups is 1. The Morgan fingerprint density at radius 1 is 0.931 bits per heavy atom. The summed E-state index contributed by atoms with van der Waals surface area (Å²) < 4.78 is 3.12. The highest BCUT2D eigenvalue weighted by Crippen LogP contribution is 2.04. The summed E-state index contributed by atoms with van der Waals surface area (Å²) in [7, 11) is 0. The normalized spacial score (nSPS) is 11.7. The van der Waals surface area contributed by atoms with Crippen molar-refractivity contribution >= 4 is 16.8 Å². The molecule has 29 heavy (non-hydrogen) atoms. The van der Waals surface area contributed by atoms with Gasteiger partial charge in [-0.1, -0.05) is 53.7 Å². The topological polar surface area (TPSA) is 82.1 Å². The molecule has 0 saturated carbocycles. The van der Waals surface area contributed by atoms with Crippen molar-refractivity contribution in [3.8, 4) is 0 Å². The van der Waals surface area contributed by atoms with Gasteiger partial charge in [0.15, 0.2) is 0 Å². The number of rotatable bonds is 5. The van der Waals surface area contributed by atoms with E-state index in [9.17, 15) is 9.59 Å². The molecule has 144 valence electrons. The highest BCUT2D eigenvalue weighted by Gasteiger charge is 2.07. The Morgan fingerprint density at radius 2 is 1.69 bits per heavy atom. The fraction of sp³-hybridized carbons (Fsp3) is 0.136. The van der Waals surface area contributed by atoms with E-state index in [4.69, 9.17) is 0 Å². The first-order valence-electron chi connectivity index (χ1n) is 9.30. The summed E-state index contributed by atoms with van der Waals surface area (Å²) in [5, 5.41) is 8.43. The number of aryl methyl sites for hydroxylation is 1. The molecule has 0 N–H and O–H groups in total. The number of nitrogens with zero attached hydrogens (tertiary/aromatic N) is 5. The molecule has 0 radical (unpaired) electrons. The first-order chi connectivity index (χ1) is 14.2. The molecule has 0 aliphatic rings. The lowest BCUT2D eigenvalue weighted by Gasteiger charge is -2.07. The van der Waals surface area contributed by atoms with Crippen LogP contribution in [-0.4, -0.2) is 25.5 Å². The number of hydrogen-bond donors (Lipinski definition) is 0. The smallest absolute Gasteiger partial charge is 0.277 e. The third-order valence-corrected chi connectivity index (χ3v) is 4.52. The van der Waals surface area contributed by atoms with Crippen LogP contribution in [0.5, 0.6) is 0 Å². The number of hydrogen-bond acceptors (Lipinski definition) is 4. The van der Waals surface area contributed by atoms with Crippen molar-refractivity contribution < 1.29 is 4.79 Å². The second-order valence-corrected chi connectivity index (χ2v) is 6.56. The Balaban J connectivity index is 1.52. The van der Waals surface area contributed by atoms with Gasteiger partial charge >= 0.3 is 0 Å². The van der Waals surface area contributed by atoms with E-state index in [0.29, 0.717) is 22.9 Å². The number of amides is 1. The Kier molecular flexibility index (Phi) is 5.38. The maximum Gasteiger partial charge on any atom is 0.277 e. The van der Waals surface area contributed by atoms with Crippen LogP contribution in [0.15, 0.2) is 88.8 Å². The molecule has 0 saturated heterocycles. The zero-order valence-corrected chi connectivity index (χ0v) is 15.7. The lowest BCUT2D eigenvalue weighted by molar-refractivity contribution is -0.118. The first-order valence-corrected chi connectivity index (χ1v) is 9.30. The highest BCUT2D eigenvalue weighted by molar-refractivity contribution is 5.77. The zero-order valence-electron chi connectivity index (χ0n) is 15.7. The highest BCUT2D eigenvalue weighted by atomic mass is 16.1. The minimum Gasteiger partial charge on any atom is -0.329 e. The largest absolute Gasteiger partial charge is 0.329 e. The standard InChI is InChI=1S/C22H19N5O2/c28-21(13-15-27-22(29)18-10-4-5-11-19(18)24-25-27)23-20-12-6-7-14-26(20)16-17-8-2-1-3-9-17/h1-12,14H,13,15-16H2. The summed E-state index contributed by atoms with van der Waals surface area (Å²) in [6.45, 7) is 0.744. The fourth-order valence-electron chi connectivity index (χ4n) is 3.04. The third-order valence-electron chi connectivity index (χ3n) is 4.52. The second-order valence-electron chi connectivity index (χ2n) is 6.56. The first kappa shape index (κ1) is 18.5. The average molecular weight is 385 g/mol. The predicted octanol–water partition coefficient (Wildman–Crippen LogP) is 2.16. The van der Waals surface area contributed by atoms with Crippen LogP contribution in [0.1, 0.15) is 12.0 Å². The van der Waals surface area contributed by atoms with Gasteiger partial charge in [0.25, 0.3) is 5.56 Å². The van der Waals surface area contributed by atoms with E-state index < -0.39 is 0 Å². The van der Waals surface area contributed by atoms with Crippen LogP contribution in [0.3, 0.4) is 0 Å². The molecule has 2 aromatic carbocycles. The molecular weight excluding hydrogens is 366 g/mol. The lowest BCUT2D eigenvalue weighted by atomic mass is 10.2. The van der Waals surface area contributed by atoms with Crippen molar-refractivity contribution in [3.63, 3.8) is 0 Å². The maximum absolute atomic E-state index is 12.5. The van der Waals surface area contributed by atoms with Gasteiger partial charge in [-0.3, -0.25) is 9.59 Å². The average Bonchev–Trinajstić information content (AvgIpc) is 2.76. The van der Waals surface area contributed by atoms with Gasteiger partial charge in [0.1, 0.15) is 11.0 Å². The molecule has 2 heterocycles. The molecule has 0 spiro atoms. The summed E-state index contributed by atoms with van der Waals surface area (Å²) in [4.78, 5) is 29.1. The molecule has 7 nitrogen and oxygen atoms in total. The number of carbonyl (C=O) groups excluding carboxylic acids is 1. The molecule has 1 amide bonds. The summed E-state index contributed by atoms with van der Waals surface area (Å²) in [6.07, 6.45) is 1.95. The van der Waals surface area contributed by atoms with Gasteiger partial charge < -0.3 is 4.57 Å². The van der Waals surface area contributed by atoms with Crippen LogP contribution in [0.4, 0.5) is 0 Å². The minimum absolute atomic E-state index is 0.0627. The van der Waals surface area contributed by atoms with Gasteiger partial charge in [-0.25, -0.2) is 4.68 Å². The molecule has 0 aliphatic heterocycles. The monoisotopic (exact) mass is 385 g/mol. The summed E-state index contributed by atoms with van der Waals surface area (Å²) >= 11 is 0. The van der Waals surface area contributed by atoms with Crippen LogP contribution in [0.25, 0.3) is 10.9 Å². The number of pyridine rings is 1. The molecule has 4 aromatic rings. The molecule has 0 unspecified atom stereocenters. The van der Waals surface area contributed by atoms with Crippen molar-refractivity contribution in [3.05, 3.63) is 100 Å². The van der Waals surface area contributed by atoms with Crippen LogP contribution in [0.2, 0.25) is 0 Å². The van der Waals surface area contributed by atoms with Crippen molar-refractivity contribution in [2.45, 2.75) is 19.5 Å². The summed E-state index contributed by atoms with van der Waals surface area (Å²) in [5.74, 6) is -0.320. The molecule has 0 aliphatic carbocycles. The summed E-state index contributed by atoms with van der Waals surface area (Å²) in [6, 6.07) is 22.5. The minimum atomic E-state index is -0.320. The quantitative estimate of drug-likeness (QED) is 0.527. The second kappa shape index (κ2) is 8.43. The summed E-state index contributed by atoms with van der Waals surface area (Å²) in [5.41, 5.74) is 1.96. The van der Waals surface area contributed by atoms with Crippen molar-refractivity contribution in [1.82, 2.24) is 19.6 Å². The molecule has 0 atom stereocenters. The third kappa shape index (κ3) is 4.35. The predicted molar refractivity (Wildman–Crippen MR) is 109 cm³/mol. The van der Waals surface area contributed by atoms with Gasteiger partial charge in [-0.15, -0.1) is 5.10 Å². The van der Waals surface area contributed by atoms with Gasteiger partial charge in [0.2, 0.25) is 5.91 Å². The Bertz CT molecular complexity index is 1280. The van der Waals surface area contributed by atoms with Crippen molar-refractivity contribution in [2.75, 3.05) is 0 Å². The van der Waals surface area contributed by atoms with Crippen LogP contribution >= 0.6 is 0 Å². The molecule has 2 aromatic heterocycles. The van der Waals surface area contributed by atoms with E-state index in [0.717, 1.165) is 5.56 Å². The van der Waals surface area contributed by atoms with Gasteiger partial charge in [0.05, 0.1) is 11.9 Å². The van der Waals surface area contributed by atoms with E-state index >= 15 is 0 Å². The SMILES string of the molecule is O=C(CCn1nnc2ccccc2c1=O)N=c1ccccn1Cc1ccccc1. The van der Waals surface area contributed by atoms with Crippen LogP contribution < -0.4 is 11.0 Å². The number of benzene rings is 2. The number of aromatic nitrogens is 4. The Labute approximate surface area is 166 Å². The van der Waals surface area contributed by atoms with Gasteiger partial charge in [-0.05, 0) is 29.8 Å². The van der Waals surface area contributed by atoms with E-state index in [1.165, 1.54) is 4.68 Å². The van der Waals surface area contributed by atoms with Crippen molar-refractivity contribution in [1.29, 1.82) is 0 Å². The molecular formula is C22H19N5O2. The number of fused-ring (bicyclic) bond motifs is 1. The van der Waals surface area contributed by atoms with E-state index in [2.05, 4.69) is 15.3 Å². The molecule has 0 fully saturated rings. The lowest BCUT2D eigenvalue weighted by Crippen LogP contribution is -2.26. The van der Waals surface area contributed by atoms with Crippen LogP contribution in [-0.2, 0) is 17.9 Å². The van der Waals surface area contributed by atoms with Crippen LogP contribution in [0, 0.1) is 0 Å². The van der Waals surface area contributed by atoms with E-state index in [1.54, 1.807) is 30.3 Å². The Morgan fingerprint density at radius 3 is 2.55 bits per heavy atom. The molecule has 0 bridgehead atoms. The van der Waals surface area contributed by atoms with Crippen molar-refractivity contribution in [2.24, 2.45) is 4.99 Å². The van der Waals surface area contributed by atoms with E-state index in [-0.39, 0.29) is 24.4 Å². The van der Waals surface area contributed by atoms with Gasteiger partial charge in [0, 0.05) is 19.2 Å². The van der Waals surface area contributed by atoms with E-state index in [1.807, 2.05) is 53.2 Å². The Hall–Kier alpha value is -3.87. The fourth-order valence-corrected chi connectivity index (χ4v) is 3.04. The zero-order chi connectivity index (χ0) is 20.1. The molecule has 7 heteroatoms. The molecule has 4 rings (SSSR count). The maximum atomic E-state index is 12.5. The van der Waals surface area contributed by atoms with Gasteiger partial charge in [-0.2, -0.15) is 4.99 Å².